The summed E-state index contributed by atoms with van der Waals surface area (Å²) in [7, 11) is 0. The minimum atomic E-state index is 0.368. The third-order valence-corrected chi connectivity index (χ3v) is 2.72. The molecule has 0 radical (unpaired) electrons. The van der Waals surface area contributed by atoms with Crippen molar-refractivity contribution in [3.63, 3.8) is 0 Å². The number of oxime groups is 1. The monoisotopic (exact) mass is 253 g/mol. The standard InChI is InChI=1S/C15H11NO3/c17-16-10-14-15(11-6-2-1-3-7-11)19-13-9-5-4-8-12(13)18-14/h1-10,17H. The van der Waals surface area contributed by atoms with Crippen LogP contribution in [0.15, 0.2) is 65.5 Å². The quantitative estimate of drug-likeness (QED) is 0.507. The molecule has 0 aromatic heterocycles. The lowest BCUT2D eigenvalue weighted by Gasteiger charge is -2.21. The second-order valence-electron chi connectivity index (χ2n) is 3.95. The second kappa shape index (κ2) is 4.86. The van der Waals surface area contributed by atoms with Crippen molar-refractivity contribution < 1.29 is 14.7 Å². The third-order valence-electron chi connectivity index (χ3n) is 2.72. The number of para-hydroxylation sites is 2. The topological polar surface area (TPSA) is 51.1 Å². The van der Waals surface area contributed by atoms with Crippen LogP contribution in [0.25, 0.3) is 5.76 Å². The third kappa shape index (κ3) is 2.15. The van der Waals surface area contributed by atoms with E-state index < -0.39 is 0 Å². The Morgan fingerprint density at radius 1 is 0.842 bits per heavy atom. The predicted molar refractivity (Wildman–Crippen MR) is 71.3 cm³/mol. The summed E-state index contributed by atoms with van der Waals surface area (Å²) in [4.78, 5) is 0. The Labute approximate surface area is 110 Å². The van der Waals surface area contributed by atoms with Gasteiger partial charge in [-0.15, -0.1) is 0 Å². The molecule has 4 heteroatoms. The molecule has 0 atom stereocenters. The normalized spacial score (nSPS) is 13.9. The summed E-state index contributed by atoms with van der Waals surface area (Å²) in [6.07, 6.45) is 1.22. The molecular weight excluding hydrogens is 242 g/mol. The smallest absolute Gasteiger partial charge is 0.192 e. The zero-order valence-electron chi connectivity index (χ0n) is 9.98. The molecule has 3 rings (SSSR count). The number of nitrogens with zero attached hydrogens (tertiary/aromatic N) is 1. The Balaban J connectivity index is 2.09. The van der Waals surface area contributed by atoms with E-state index in [1.54, 1.807) is 6.07 Å². The number of benzene rings is 2. The van der Waals surface area contributed by atoms with Gasteiger partial charge in [0.15, 0.2) is 23.0 Å². The number of hydrogen-bond acceptors (Lipinski definition) is 4. The van der Waals surface area contributed by atoms with E-state index in [0.717, 1.165) is 5.56 Å². The molecule has 94 valence electrons. The molecule has 0 unspecified atom stereocenters. The van der Waals surface area contributed by atoms with E-state index in [1.165, 1.54) is 6.21 Å². The summed E-state index contributed by atoms with van der Waals surface area (Å²) in [5, 5.41) is 11.8. The highest BCUT2D eigenvalue weighted by Crippen LogP contribution is 2.37. The van der Waals surface area contributed by atoms with Crippen LogP contribution in [0.4, 0.5) is 0 Å². The molecule has 0 fully saturated rings. The van der Waals surface area contributed by atoms with Crippen molar-refractivity contribution in [2.24, 2.45) is 5.16 Å². The van der Waals surface area contributed by atoms with Gasteiger partial charge in [0.25, 0.3) is 0 Å². The molecule has 2 aromatic carbocycles. The van der Waals surface area contributed by atoms with E-state index in [1.807, 2.05) is 48.5 Å². The molecule has 0 saturated carbocycles. The van der Waals surface area contributed by atoms with E-state index in [2.05, 4.69) is 5.16 Å². The van der Waals surface area contributed by atoms with E-state index in [0.29, 0.717) is 23.0 Å². The van der Waals surface area contributed by atoms with Crippen LogP contribution < -0.4 is 9.47 Å². The highest BCUT2D eigenvalue weighted by molar-refractivity contribution is 5.88. The molecule has 1 N–H and O–H groups in total. The van der Waals surface area contributed by atoms with Gasteiger partial charge in [-0.1, -0.05) is 47.6 Å². The average molecular weight is 253 g/mol. The maximum Gasteiger partial charge on any atom is 0.192 e. The summed E-state index contributed by atoms with van der Waals surface area (Å²) >= 11 is 0. The first-order valence-electron chi connectivity index (χ1n) is 5.80. The Morgan fingerprint density at radius 2 is 1.47 bits per heavy atom. The molecule has 0 aliphatic carbocycles. The SMILES string of the molecule is ON=CC1=C(c2ccccc2)Oc2ccccc2O1. The minimum absolute atomic E-state index is 0.368. The van der Waals surface area contributed by atoms with Gasteiger partial charge in [-0.25, -0.2) is 0 Å². The molecule has 4 nitrogen and oxygen atoms in total. The van der Waals surface area contributed by atoms with Gasteiger partial charge >= 0.3 is 0 Å². The molecule has 1 aliphatic rings. The first-order valence-corrected chi connectivity index (χ1v) is 5.80. The molecule has 2 aromatic rings. The Morgan fingerprint density at radius 3 is 2.16 bits per heavy atom. The number of rotatable bonds is 2. The van der Waals surface area contributed by atoms with Crippen molar-refractivity contribution in [2.75, 3.05) is 0 Å². The van der Waals surface area contributed by atoms with Crippen molar-refractivity contribution in [1.82, 2.24) is 0 Å². The van der Waals surface area contributed by atoms with Gasteiger partial charge in [-0.05, 0) is 12.1 Å². The lowest BCUT2D eigenvalue weighted by molar-refractivity contribution is 0.315. The van der Waals surface area contributed by atoms with Gasteiger partial charge in [-0.2, -0.15) is 0 Å². The highest BCUT2D eigenvalue weighted by atomic mass is 16.6. The summed E-state index contributed by atoms with van der Waals surface area (Å²) in [5.74, 6) is 2.12. The summed E-state index contributed by atoms with van der Waals surface area (Å²) in [6, 6.07) is 16.9. The number of hydrogen-bond donors (Lipinski definition) is 1. The maximum absolute atomic E-state index is 8.73. The highest BCUT2D eigenvalue weighted by Gasteiger charge is 2.21. The van der Waals surface area contributed by atoms with E-state index in [-0.39, 0.29) is 0 Å². The van der Waals surface area contributed by atoms with Crippen LogP contribution in [-0.2, 0) is 0 Å². The Hall–Kier alpha value is -2.75. The van der Waals surface area contributed by atoms with Gasteiger partial charge in [-0.3, -0.25) is 0 Å². The fourth-order valence-corrected chi connectivity index (χ4v) is 1.87. The molecule has 19 heavy (non-hydrogen) atoms. The predicted octanol–water partition coefficient (Wildman–Crippen LogP) is 3.29. The average Bonchev–Trinajstić information content (AvgIpc) is 2.48. The van der Waals surface area contributed by atoms with Crippen LogP contribution in [0.5, 0.6) is 11.5 Å². The van der Waals surface area contributed by atoms with Crippen molar-refractivity contribution in [2.45, 2.75) is 0 Å². The van der Waals surface area contributed by atoms with Gasteiger partial charge < -0.3 is 14.7 Å². The van der Waals surface area contributed by atoms with Gasteiger partial charge in [0.1, 0.15) is 6.21 Å². The van der Waals surface area contributed by atoms with Crippen LogP contribution >= 0.6 is 0 Å². The molecule has 0 spiro atoms. The maximum atomic E-state index is 8.73. The molecular formula is C15H11NO3. The zero-order chi connectivity index (χ0) is 13.1. The summed E-state index contributed by atoms with van der Waals surface area (Å²) in [5.41, 5.74) is 0.854. The molecule has 1 aliphatic heterocycles. The number of fused-ring (bicyclic) bond motifs is 1. The molecule has 0 bridgehead atoms. The second-order valence-corrected chi connectivity index (χ2v) is 3.95. The molecule has 1 heterocycles. The van der Waals surface area contributed by atoms with Crippen molar-refractivity contribution in [3.05, 3.63) is 65.9 Å². The van der Waals surface area contributed by atoms with E-state index in [9.17, 15) is 0 Å². The Bertz CT molecular complexity index is 647. The summed E-state index contributed by atoms with van der Waals surface area (Å²) < 4.78 is 11.5. The number of allylic oxidation sites excluding steroid dienone is 1. The van der Waals surface area contributed by atoms with Crippen LogP contribution in [0.2, 0.25) is 0 Å². The molecule has 0 amide bonds. The van der Waals surface area contributed by atoms with Gasteiger partial charge in [0.2, 0.25) is 0 Å². The zero-order valence-corrected chi connectivity index (χ0v) is 9.98. The van der Waals surface area contributed by atoms with Crippen LogP contribution in [0.1, 0.15) is 5.56 Å². The minimum Gasteiger partial charge on any atom is -0.449 e. The van der Waals surface area contributed by atoms with Crippen LogP contribution in [0, 0.1) is 0 Å². The summed E-state index contributed by atoms with van der Waals surface area (Å²) in [6.45, 7) is 0. The largest absolute Gasteiger partial charge is 0.449 e. The van der Waals surface area contributed by atoms with Crippen LogP contribution in [-0.4, -0.2) is 11.4 Å². The number of ether oxygens (including phenoxy) is 2. The molecule has 0 saturated heterocycles. The lowest BCUT2D eigenvalue weighted by Crippen LogP contribution is -2.12. The fraction of sp³-hybridized carbons (Fsp3) is 0. The Kier molecular flexibility index (Phi) is 2.90. The lowest BCUT2D eigenvalue weighted by atomic mass is 10.1. The first-order chi connectivity index (χ1) is 9.38. The van der Waals surface area contributed by atoms with Gasteiger partial charge in [0.05, 0.1) is 0 Å². The van der Waals surface area contributed by atoms with Crippen LogP contribution in [0.3, 0.4) is 0 Å². The fourth-order valence-electron chi connectivity index (χ4n) is 1.87. The first kappa shape index (κ1) is 11.3. The van der Waals surface area contributed by atoms with Crippen molar-refractivity contribution >= 4 is 12.0 Å². The van der Waals surface area contributed by atoms with Gasteiger partial charge in [0, 0.05) is 5.56 Å². The van der Waals surface area contributed by atoms with E-state index in [4.69, 9.17) is 14.7 Å². The van der Waals surface area contributed by atoms with E-state index >= 15 is 0 Å². The van der Waals surface area contributed by atoms with Crippen molar-refractivity contribution in [1.29, 1.82) is 0 Å². The van der Waals surface area contributed by atoms with Crippen molar-refractivity contribution in [3.8, 4) is 11.5 Å².